The molecule has 0 spiro atoms. The number of hydrogen-bond acceptors (Lipinski definition) is 5. The molecular formula is C20H20N2O3S. The summed E-state index contributed by atoms with van der Waals surface area (Å²) in [5, 5.41) is 0.00374. The average molecular weight is 368 g/mol. The average Bonchev–Trinajstić information content (AvgIpc) is 2.99. The van der Waals surface area contributed by atoms with Crippen LogP contribution in [0.25, 0.3) is 11.0 Å². The van der Waals surface area contributed by atoms with Crippen LogP contribution in [0.5, 0.6) is 5.75 Å². The maximum absolute atomic E-state index is 12.2. The van der Waals surface area contributed by atoms with Crippen LogP contribution >= 0.6 is 11.8 Å². The molecule has 3 rings (SSSR count). The Balaban J connectivity index is 1.53. The first-order valence-corrected chi connectivity index (χ1v) is 9.32. The van der Waals surface area contributed by atoms with E-state index in [1.807, 2.05) is 35.8 Å². The Morgan fingerprint density at radius 3 is 2.58 bits per heavy atom. The highest BCUT2D eigenvalue weighted by Gasteiger charge is 2.12. The van der Waals surface area contributed by atoms with Crippen molar-refractivity contribution in [3.05, 3.63) is 59.9 Å². The number of ketones is 1. The SMILES string of the molecule is COc1ccc(C(=O)CSC(=O)CCn2c(C)nc3ccccc32)cc1. The Labute approximate surface area is 156 Å². The number of methoxy groups -OCH3 is 1. The van der Waals surface area contributed by atoms with Gasteiger partial charge in [0.25, 0.3) is 0 Å². The number of thioether (sulfide) groups is 1. The molecule has 3 aromatic rings. The van der Waals surface area contributed by atoms with Crippen LogP contribution in [-0.2, 0) is 11.3 Å². The van der Waals surface area contributed by atoms with Crippen LogP contribution < -0.4 is 4.74 Å². The second-order valence-electron chi connectivity index (χ2n) is 5.86. The molecule has 0 aliphatic heterocycles. The summed E-state index contributed by atoms with van der Waals surface area (Å²) in [6, 6.07) is 14.8. The summed E-state index contributed by atoms with van der Waals surface area (Å²) in [6.45, 7) is 2.50. The van der Waals surface area contributed by atoms with Gasteiger partial charge in [0.15, 0.2) is 10.9 Å². The van der Waals surface area contributed by atoms with E-state index in [4.69, 9.17) is 4.74 Å². The molecule has 0 N–H and O–H groups in total. The lowest BCUT2D eigenvalue weighted by Crippen LogP contribution is -2.08. The van der Waals surface area contributed by atoms with Crippen molar-refractivity contribution in [2.45, 2.75) is 19.9 Å². The molecule has 0 radical (unpaired) electrons. The van der Waals surface area contributed by atoms with E-state index >= 15 is 0 Å². The zero-order valence-electron chi connectivity index (χ0n) is 14.8. The van der Waals surface area contributed by atoms with E-state index < -0.39 is 0 Å². The van der Waals surface area contributed by atoms with Gasteiger partial charge >= 0.3 is 0 Å². The predicted molar refractivity (Wildman–Crippen MR) is 104 cm³/mol. The van der Waals surface area contributed by atoms with Crippen molar-refractivity contribution in [2.75, 3.05) is 12.9 Å². The molecule has 0 bridgehead atoms. The second kappa shape index (κ2) is 8.19. The minimum atomic E-state index is -0.0599. The van der Waals surface area contributed by atoms with Gasteiger partial charge in [-0.25, -0.2) is 4.98 Å². The summed E-state index contributed by atoms with van der Waals surface area (Å²) in [5.41, 5.74) is 2.54. The summed E-state index contributed by atoms with van der Waals surface area (Å²) in [5.74, 6) is 1.68. The molecule has 0 saturated heterocycles. The van der Waals surface area contributed by atoms with E-state index in [-0.39, 0.29) is 16.7 Å². The quantitative estimate of drug-likeness (QED) is 0.592. The number of para-hydroxylation sites is 2. The van der Waals surface area contributed by atoms with Crippen LogP contribution in [0.15, 0.2) is 48.5 Å². The molecule has 1 aromatic heterocycles. The molecular weight excluding hydrogens is 348 g/mol. The molecule has 0 unspecified atom stereocenters. The molecule has 134 valence electrons. The smallest absolute Gasteiger partial charge is 0.191 e. The Hall–Kier alpha value is -2.60. The minimum absolute atomic E-state index is 0.00374. The molecule has 0 atom stereocenters. The fraction of sp³-hybridized carbons (Fsp3) is 0.250. The number of imidazole rings is 1. The topological polar surface area (TPSA) is 61.2 Å². The van der Waals surface area contributed by atoms with Gasteiger partial charge in [0, 0.05) is 18.5 Å². The molecule has 0 aliphatic carbocycles. The number of Topliss-reactive ketones (excluding diaryl/α,β-unsaturated/α-hetero) is 1. The van der Waals surface area contributed by atoms with Gasteiger partial charge in [0.1, 0.15) is 11.6 Å². The Morgan fingerprint density at radius 2 is 1.85 bits per heavy atom. The van der Waals surface area contributed by atoms with Crippen LogP contribution in [-0.4, -0.2) is 33.3 Å². The summed E-state index contributed by atoms with van der Waals surface area (Å²) in [4.78, 5) is 28.9. The van der Waals surface area contributed by atoms with Gasteiger partial charge in [0.2, 0.25) is 0 Å². The molecule has 5 nitrogen and oxygen atoms in total. The van der Waals surface area contributed by atoms with Gasteiger partial charge in [-0.1, -0.05) is 23.9 Å². The normalized spacial score (nSPS) is 10.8. The monoisotopic (exact) mass is 368 g/mol. The number of rotatable bonds is 7. The van der Waals surface area contributed by atoms with Crippen LogP contribution in [0.4, 0.5) is 0 Å². The van der Waals surface area contributed by atoms with Gasteiger partial charge in [-0.3, -0.25) is 9.59 Å². The molecule has 0 amide bonds. The van der Waals surface area contributed by atoms with E-state index in [1.165, 1.54) is 0 Å². The van der Waals surface area contributed by atoms with E-state index in [0.29, 0.717) is 24.3 Å². The third-order valence-corrected chi connectivity index (χ3v) is 5.09. The number of hydrogen-bond donors (Lipinski definition) is 0. The summed E-state index contributed by atoms with van der Waals surface area (Å²) >= 11 is 1.07. The molecule has 6 heteroatoms. The van der Waals surface area contributed by atoms with Crippen LogP contribution in [0.2, 0.25) is 0 Å². The zero-order chi connectivity index (χ0) is 18.5. The first kappa shape index (κ1) is 18.2. The molecule has 0 fully saturated rings. The van der Waals surface area contributed by atoms with Crippen molar-refractivity contribution in [1.29, 1.82) is 0 Å². The molecule has 0 aliphatic rings. The van der Waals surface area contributed by atoms with Crippen molar-refractivity contribution in [3.8, 4) is 5.75 Å². The Bertz CT molecular complexity index is 932. The number of fused-ring (bicyclic) bond motifs is 1. The van der Waals surface area contributed by atoms with Crippen molar-refractivity contribution in [1.82, 2.24) is 9.55 Å². The Morgan fingerprint density at radius 1 is 1.12 bits per heavy atom. The van der Waals surface area contributed by atoms with Crippen molar-refractivity contribution in [2.24, 2.45) is 0 Å². The maximum Gasteiger partial charge on any atom is 0.191 e. The van der Waals surface area contributed by atoms with E-state index in [9.17, 15) is 9.59 Å². The number of nitrogens with zero attached hydrogens (tertiary/aromatic N) is 2. The Kier molecular flexibility index (Phi) is 5.73. The fourth-order valence-electron chi connectivity index (χ4n) is 2.76. The van der Waals surface area contributed by atoms with Crippen molar-refractivity contribution < 1.29 is 14.3 Å². The molecule has 1 heterocycles. The lowest BCUT2D eigenvalue weighted by atomic mass is 10.1. The van der Waals surface area contributed by atoms with Crippen molar-refractivity contribution in [3.63, 3.8) is 0 Å². The maximum atomic E-state index is 12.2. The van der Waals surface area contributed by atoms with Crippen LogP contribution in [0.1, 0.15) is 22.6 Å². The lowest BCUT2D eigenvalue weighted by molar-refractivity contribution is -0.111. The number of ether oxygens (including phenoxy) is 1. The molecule has 26 heavy (non-hydrogen) atoms. The number of benzene rings is 2. The number of carbonyl (C=O) groups excluding carboxylic acids is 2. The number of aryl methyl sites for hydroxylation is 2. The van der Waals surface area contributed by atoms with E-state index in [0.717, 1.165) is 28.6 Å². The summed E-state index contributed by atoms with van der Waals surface area (Å²) in [6.07, 6.45) is 0.363. The van der Waals surface area contributed by atoms with Gasteiger partial charge in [-0.05, 0) is 43.3 Å². The summed E-state index contributed by atoms with van der Waals surface area (Å²) in [7, 11) is 1.58. The third-order valence-electron chi connectivity index (χ3n) is 4.16. The largest absolute Gasteiger partial charge is 0.497 e. The van der Waals surface area contributed by atoms with Gasteiger partial charge < -0.3 is 9.30 Å². The minimum Gasteiger partial charge on any atom is -0.497 e. The van der Waals surface area contributed by atoms with E-state index in [2.05, 4.69) is 4.98 Å². The highest BCUT2D eigenvalue weighted by Crippen LogP contribution is 2.18. The highest BCUT2D eigenvalue weighted by molar-refractivity contribution is 8.14. The lowest BCUT2D eigenvalue weighted by Gasteiger charge is -2.06. The second-order valence-corrected chi connectivity index (χ2v) is 6.89. The predicted octanol–water partition coefficient (Wildman–Crippen LogP) is 3.89. The first-order valence-electron chi connectivity index (χ1n) is 8.33. The third kappa shape index (κ3) is 4.14. The van der Waals surface area contributed by atoms with Crippen LogP contribution in [0.3, 0.4) is 0 Å². The number of carbonyl (C=O) groups is 2. The highest BCUT2D eigenvalue weighted by atomic mass is 32.2. The first-order chi connectivity index (χ1) is 12.6. The van der Waals surface area contributed by atoms with Gasteiger partial charge in [-0.15, -0.1) is 0 Å². The molecule has 2 aromatic carbocycles. The fourth-order valence-corrected chi connectivity index (χ4v) is 3.45. The molecule has 0 saturated carbocycles. The summed E-state index contributed by atoms with van der Waals surface area (Å²) < 4.78 is 7.12. The standard InChI is InChI=1S/C20H20N2O3S/c1-14-21-17-5-3-4-6-18(17)22(14)12-11-20(24)26-13-19(23)15-7-9-16(25-2)10-8-15/h3-10H,11-13H2,1-2H3. The van der Waals surface area contributed by atoms with E-state index in [1.54, 1.807) is 31.4 Å². The van der Waals surface area contributed by atoms with Gasteiger partial charge in [0.05, 0.1) is 23.9 Å². The van der Waals surface area contributed by atoms with Crippen LogP contribution in [0, 0.1) is 6.92 Å². The van der Waals surface area contributed by atoms with Crippen molar-refractivity contribution >= 4 is 33.7 Å². The number of aromatic nitrogens is 2. The zero-order valence-corrected chi connectivity index (χ0v) is 15.6. The van der Waals surface area contributed by atoms with Gasteiger partial charge in [-0.2, -0.15) is 0 Å².